The van der Waals surface area contributed by atoms with E-state index in [1.54, 1.807) is 14.2 Å². The third-order valence-corrected chi connectivity index (χ3v) is 5.91. The molecule has 144 valence electrons. The molecule has 2 rings (SSSR count). The first-order valence-electron chi connectivity index (χ1n) is 7.57. The Labute approximate surface area is 166 Å². The zero-order chi connectivity index (χ0) is 18.2. The number of aromatic nitrogens is 1. The first kappa shape index (κ1) is 22.4. The Morgan fingerprint density at radius 2 is 2.08 bits per heavy atom. The fraction of sp³-hybridized carbons (Fsp3) is 0.733. The number of aliphatic imine (C=N–C) groups is 1. The predicted octanol–water partition coefficient (Wildman–Crippen LogP) is 3.65. The molecule has 0 bridgehead atoms. The van der Waals surface area contributed by atoms with E-state index in [-0.39, 0.29) is 47.6 Å². The normalized spacial score (nSPS) is 25.8. The number of methoxy groups -OCH3 is 1. The standard InChI is InChI=1S/C15H23F3N4OS.HI/c1-13(2)9(6-14(13,3)23-5)22-12(19-4)20-7-11-21-10(8-24-11)15(16,17)18;/h8-9H,6-7H2,1-5H3,(H2,19,20,22);1H. The van der Waals surface area contributed by atoms with Gasteiger partial charge in [0.2, 0.25) is 0 Å². The highest BCUT2D eigenvalue weighted by Crippen LogP contribution is 2.51. The molecule has 0 amide bonds. The van der Waals surface area contributed by atoms with Crippen LogP contribution in [0.4, 0.5) is 13.2 Å². The average molecular weight is 492 g/mol. The second-order valence-electron chi connectivity index (χ2n) is 6.61. The Kier molecular flexibility index (Phi) is 7.13. The Hall–Kier alpha value is -0.620. The van der Waals surface area contributed by atoms with Crippen LogP contribution in [0.15, 0.2) is 10.4 Å². The fourth-order valence-electron chi connectivity index (χ4n) is 2.76. The van der Waals surface area contributed by atoms with Crippen molar-refractivity contribution in [3.8, 4) is 0 Å². The molecule has 1 saturated carbocycles. The fourth-order valence-corrected chi connectivity index (χ4v) is 3.50. The molecule has 5 nitrogen and oxygen atoms in total. The summed E-state index contributed by atoms with van der Waals surface area (Å²) in [6.45, 7) is 6.48. The van der Waals surface area contributed by atoms with Crippen molar-refractivity contribution in [1.82, 2.24) is 15.6 Å². The lowest BCUT2D eigenvalue weighted by molar-refractivity contribution is -0.176. The number of ether oxygens (including phenoxy) is 1. The third kappa shape index (κ3) is 4.57. The third-order valence-electron chi connectivity index (χ3n) is 5.06. The summed E-state index contributed by atoms with van der Waals surface area (Å²) in [5.41, 5.74) is -1.16. The lowest BCUT2D eigenvalue weighted by Gasteiger charge is -2.59. The van der Waals surface area contributed by atoms with Gasteiger partial charge >= 0.3 is 6.18 Å². The van der Waals surface area contributed by atoms with Crippen molar-refractivity contribution >= 4 is 41.3 Å². The maximum absolute atomic E-state index is 12.6. The Morgan fingerprint density at radius 1 is 1.44 bits per heavy atom. The summed E-state index contributed by atoms with van der Waals surface area (Å²) in [5, 5.41) is 7.70. The van der Waals surface area contributed by atoms with Crippen molar-refractivity contribution in [3.63, 3.8) is 0 Å². The van der Waals surface area contributed by atoms with E-state index >= 15 is 0 Å². The van der Waals surface area contributed by atoms with E-state index in [1.807, 2.05) is 0 Å². The number of halogens is 4. The number of nitrogens with one attached hydrogen (secondary N) is 2. The van der Waals surface area contributed by atoms with Crippen LogP contribution in [0, 0.1) is 5.41 Å². The molecule has 2 unspecified atom stereocenters. The highest BCUT2D eigenvalue weighted by atomic mass is 127. The maximum atomic E-state index is 12.6. The number of thiazole rings is 1. The molecule has 0 radical (unpaired) electrons. The van der Waals surface area contributed by atoms with E-state index < -0.39 is 11.9 Å². The van der Waals surface area contributed by atoms with Crippen LogP contribution in [0.5, 0.6) is 0 Å². The summed E-state index contributed by atoms with van der Waals surface area (Å²) >= 11 is 0.974. The van der Waals surface area contributed by atoms with Crippen LogP contribution >= 0.6 is 35.3 Å². The smallest absolute Gasteiger partial charge is 0.378 e. The van der Waals surface area contributed by atoms with E-state index in [2.05, 4.69) is 41.4 Å². The van der Waals surface area contributed by atoms with Gasteiger partial charge in [0, 0.05) is 31.0 Å². The largest absolute Gasteiger partial charge is 0.434 e. The minimum atomic E-state index is -4.41. The van der Waals surface area contributed by atoms with Gasteiger partial charge in [0.1, 0.15) is 5.01 Å². The van der Waals surface area contributed by atoms with Crippen LogP contribution in [0.25, 0.3) is 0 Å². The van der Waals surface area contributed by atoms with Gasteiger partial charge in [-0.15, -0.1) is 35.3 Å². The van der Waals surface area contributed by atoms with E-state index in [0.29, 0.717) is 11.0 Å². The number of nitrogens with zero attached hydrogens (tertiary/aromatic N) is 2. The number of hydrogen-bond donors (Lipinski definition) is 2. The molecule has 0 aliphatic heterocycles. The molecular formula is C15H24F3IN4OS. The first-order valence-corrected chi connectivity index (χ1v) is 8.45. The quantitative estimate of drug-likeness (QED) is 0.383. The van der Waals surface area contributed by atoms with Crippen LogP contribution in [-0.4, -0.2) is 36.7 Å². The lowest BCUT2D eigenvalue weighted by Crippen LogP contribution is -2.69. The van der Waals surface area contributed by atoms with E-state index in [1.165, 1.54) is 0 Å². The molecule has 1 heterocycles. The highest BCUT2D eigenvalue weighted by molar-refractivity contribution is 14.0. The summed E-state index contributed by atoms with van der Waals surface area (Å²) < 4.78 is 43.3. The second kappa shape index (κ2) is 7.95. The van der Waals surface area contributed by atoms with E-state index in [4.69, 9.17) is 4.74 Å². The van der Waals surface area contributed by atoms with Crippen LogP contribution < -0.4 is 10.6 Å². The van der Waals surface area contributed by atoms with Crippen molar-refractivity contribution in [1.29, 1.82) is 0 Å². The van der Waals surface area contributed by atoms with Gasteiger partial charge in [-0.2, -0.15) is 13.2 Å². The van der Waals surface area contributed by atoms with Gasteiger partial charge in [0.15, 0.2) is 11.7 Å². The molecule has 25 heavy (non-hydrogen) atoms. The van der Waals surface area contributed by atoms with Gasteiger partial charge in [-0.25, -0.2) is 4.98 Å². The molecule has 1 aliphatic carbocycles. The molecule has 1 fully saturated rings. The summed E-state index contributed by atoms with van der Waals surface area (Å²) in [7, 11) is 3.32. The van der Waals surface area contributed by atoms with Crippen LogP contribution in [0.1, 0.15) is 37.9 Å². The minimum Gasteiger partial charge on any atom is -0.378 e. The molecule has 1 aromatic rings. The van der Waals surface area contributed by atoms with Crippen LogP contribution in [0.2, 0.25) is 0 Å². The van der Waals surface area contributed by atoms with Crippen LogP contribution in [-0.2, 0) is 17.5 Å². The summed E-state index contributed by atoms with van der Waals surface area (Å²) in [6.07, 6.45) is -3.58. The molecule has 2 atom stereocenters. The number of hydrogen-bond acceptors (Lipinski definition) is 4. The molecule has 10 heteroatoms. The van der Waals surface area contributed by atoms with Gasteiger partial charge in [0.25, 0.3) is 0 Å². The molecular weight excluding hydrogens is 468 g/mol. The molecule has 0 saturated heterocycles. The van der Waals surface area contributed by atoms with Gasteiger partial charge in [0.05, 0.1) is 12.1 Å². The molecule has 1 aromatic heterocycles. The highest BCUT2D eigenvalue weighted by Gasteiger charge is 2.58. The average Bonchev–Trinajstić information content (AvgIpc) is 2.99. The lowest BCUT2D eigenvalue weighted by atomic mass is 9.56. The van der Waals surface area contributed by atoms with Gasteiger partial charge in [-0.3, -0.25) is 4.99 Å². The minimum absolute atomic E-state index is 0. The SMILES string of the molecule is CN=C(NCc1nc(C(F)(F)F)cs1)NC1CC(C)(OC)C1(C)C.I. The monoisotopic (exact) mass is 492 g/mol. The van der Waals surface area contributed by atoms with E-state index in [0.717, 1.165) is 23.1 Å². The Morgan fingerprint density at radius 3 is 2.52 bits per heavy atom. The van der Waals surface area contributed by atoms with Gasteiger partial charge in [-0.1, -0.05) is 13.8 Å². The van der Waals surface area contributed by atoms with Crippen molar-refractivity contribution in [2.75, 3.05) is 14.2 Å². The predicted molar refractivity (Wildman–Crippen MR) is 103 cm³/mol. The maximum Gasteiger partial charge on any atom is 0.434 e. The van der Waals surface area contributed by atoms with Crippen molar-refractivity contribution < 1.29 is 17.9 Å². The Balaban J connectivity index is 0.00000312. The number of alkyl halides is 3. The van der Waals surface area contributed by atoms with Crippen LogP contribution in [0.3, 0.4) is 0 Å². The van der Waals surface area contributed by atoms with Crippen molar-refractivity contribution in [2.24, 2.45) is 10.4 Å². The Bertz CT molecular complexity index is 620. The summed E-state index contributed by atoms with van der Waals surface area (Å²) in [6, 6.07) is 0.163. The molecule has 1 aliphatic rings. The zero-order valence-corrected chi connectivity index (χ0v) is 18.0. The summed E-state index contributed by atoms with van der Waals surface area (Å²) in [4.78, 5) is 7.72. The van der Waals surface area contributed by atoms with Crippen molar-refractivity contribution in [3.05, 3.63) is 16.1 Å². The van der Waals surface area contributed by atoms with Crippen molar-refractivity contribution in [2.45, 2.75) is 51.6 Å². The zero-order valence-electron chi connectivity index (χ0n) is 14.8. The number of guanidine groups is 1. The number of rotatable bonds is 4. The van der Waals surface area contributed by atoms with Gasteiger partial charge < -0.3 is 15.4 Å². The summed E-state index contributed by atoms with van der Waals surface area (Å²) in [5.74, 6) is 0.537. The first-order chi connectivity index (χ1) is 11.0. The molecule has 0 spiro atoms. The van der Waals surface area contributed by atoms with E-state index in [9.17, 15) is 13.2 Å². The second-order valence-corrected chi connectivity index (χ2v) is 7.55. The molecule has 0 aromatic carbocycles. The molecule has 2 N–H and O–H groups in total. The topological polar surface area (TPSA) is 58.5 Å². The van der Waals surface area contributed by atoms with Gasteiger partial charge in [-0.05, 0) is 13.3 Å².